The molecule has 0 amide bonds. The SMILES string of the molecule is CCO[C@@H]([C@H]1C[C@@H](C)[C@H]2[C@H](O1)[C@H](O)[C@@]1(C)[C@@H]3CC[C@H]4C(C)(C)[C@@H](O[C@H]5CN(C6CNC6)CCO5)CC[C@@]45CC35CC[C@]21C)C(C)(C)O. The van der Waals surface area contributed by atoms with Gasteiger partial charge >= 0.3 is 0 Å². The van der Waals surface area contributed by atoms with Gasteiger partial charge in [0.25, 0.3) is 0 Å². The topological polar surface area (TPSA) is 92.7 Å². The van der Waals surface area contributed by atoms with Crippen molar-refractivity contribution >= 4 is 0 Å². The van der Waals surface area contributed by atoms with Crippen LogP contribution < -0.4 is 5.32 Å². The number of aliphatic hydroxyl groups is 2. The van der Waals surface area contributed by atoms with Crippen molar-refractivity contribution in [1.82, 2.24) is 10.2 Å². The molecule has 8 nitrogen and oxygen atoms in total. The average molecular weight is 659 g/mol. The zero-order valence-corrected chi connectivity index (χ0v) is 30.7. The highest BCUT2D eigenvalue weighted by molar-refractivity contribution is 5.33. The summed E-state index contributed by atoms with van der Waals surface area (Å²) >= 11 is 0. The first-order valence-corrected chi connectivity index (χ1v) is 19.5. The van der Waals surface area contributed by atoms with E-state index in [1.165, 1.54) is 38.5 Å². The van der Waals surface area contributed by atoms with Gasteiger partial charge in [-0.05, 0) is 117 Å². The summed E-state index contributed by atoms with van der Waals surface area (Å²) in [6.07, 6.45) is 8.19. The molecule has 8 fully saturated rings. The quantitative estimate of drug-likeness (QED) is 0.353. The van der Waals surface area contributed by atoms with E-state index in [1.807, 2.05) is 20.8 Å². The Kier molecular flexibility index (Phi) is 7.98. The second kappa shape index (κ2) is 11.1. The van der Waals surface area contributed by atoms with Crippen molar-refractivity contribution in [1.29, 1.82) is 0 Å². The zero-order valence-electron chi connectivity index (χ0n) is 30.7. The minimum absolute atomic E-state index is 0.0276. The molecule has 8 aliphatic rings. The molecule has 268 valence electrons. The van der Waals surface area contributed by atoms with E-state index in [0.717, 1.165) is 45.6 Å². The molecule has 3 N–H and O–H groups in total. The van der Waals surface area contributed by atoms with E-state index >= 15 is 0 Å². The fraction of sp³-hybridized carbons (Fsp3) is 1.00. The van der Waals surface area contributed by atoms with Crippen LogP contribution in [0.5, 0.6) is 0 Å². The zero-order chi connectivity index (χ0) is 33.4. The van der Waals surface area contributed by atoms with E-state index in [2.05, 4.69) is 44.8 Å². The summed E-state index contributed by atoms with van der Waals surface area (Å²) in [5, 5.41) is 27.1. The van der Waals surface area contributed by atoms with Crippen molar-refractivity contribution in [3.63, 3.8) is 0 Å². The maximum absolute atomic E-state index is 12.6. The summed E-state index contributed by atoms with van der Waals surface area (Å²) in [4.78, 5) is 2.57. The van der Waals surface area contributed by atoms with Crippen LogP contribution >= 0.6 is 0 Å². The molecule has 5 saturated carbocycles. The molecule has 8 heteroatoms. The van der Waals surface area contributed by atoms with Gasteiger partial charge < -0.3 is 34.5 Å². The maximum Gasteiger partial charge on any atom is 0.170 e. The molecule has 0 aromatic carbocycles. The smallest absolute Gasteiger partial charge is 0.170 e. The molecule has 0 aromatic heterocycles. The van der Waals surface area contributed by atoms with Crippen LogP contribution in [0.2, 0.25) is 0 Å². The molecule has 14 atom stereocenters. The van der Waals surface area contributed by atoms with Crippen LogP contribution in [-0.4, -0.2) is 103 Å². The summed E-state index contributed by atoms with van der Waals surface area (Å²) in [5.41, 5.74) is -0.395. The van der Waals surface area contributed by atoms with E-state index in [1.54, 1.807) is 0 Å². The molecule has 2 spiro atoms. The van der Waals surface area contributed by atoms with Crippen LogP contribution in [0.4, 0.5) is 0 Å². The number of morpholine rings is 1. The minimum atomic E-state index is -1.01. The van der Waals surface area contributed by atoms with Gasteiger partial charge in [-0.15, -0.1) is 0 Å². The van der Waals surface area contributed by atoms with Gasteiger partial charge in [0.2, 0.25) is 0 Å². The van der Waals surface area contributed by atoms with E-state index < -0.39 is 17.8 Å². The number of fused-ring (bicyclic) bond motifs is 4. The molecule has 5 aliphatic carbocycles. The monoisotopic (exact) mass is 658 g/mol. The Labute approximate surface area is 284 Å². The molecule has 0 bridgehead atoms. The number of ether oxygens (including phenoxy) is 4. The Bertz CT molecular complexity index is 1200. The van der Waals surface area contributed by atoms with Crippen molar-refractivity contribution in [2.45, 2.75) is 155 Å². The van der Waals surface area contributed by atoms with Crippen LogP contribution in [0, 0.1) is 50.7 Å². The standard InChI is InChI=1S/C39H66N2O6/c1-9-44-33(35(5,6)43)25-18-23(2)30-31(46-25)32(42)37(8)27-11-10-26-34(3,4)28(47-29-21-41(16-17-45-29)24-19-40-20-24)12-13-38(26)22-39(27,38)15-14-36(30,37)7/h23-33,40,42-43H,9-22H2,1-8H3/t23-,25-,26+,27+,28+,29+,30+,31+,32+,33+,36-,37-,38-,39?/m1/s1. The number of hydrogen-bond donors (Lipinski definition) is 3. The molecule has 3 saturated heterocycles. The summed E-state index contributed by atoms with van der Waals surface area (Å²) in [6, 6.07) is 0.634. The molecule has 47 heavy (non-hydrogen) atoms. The van der Waals surface area contributed by atoms with E-state index in [4.69, 9.17) is 18.9 Å². The third kappa shape index (κ3) is 4.53. The predicted octanol–water partition coefficient (Wildman–Crippen LogP) is 4.99. The van der Waals surface area contributed by atoms with Gasteiger partial charge in [-0.2, -0.15) is 0 Å². The van der Waals surface area contributed by atoms with Crippen LogP contribution in [-0.2, 0) is 18.9 Å². The van der Waals surface area contributed by atoms with E-state index in [9.17, 15) is 10.2 Å². The number of nitrogens with zero attached hydrogens (tertiary/aromatic N) is 1. The van der Waals surface area contributed by atoms with Crippen LogP contribution in [0.25, 0.3) is 0 Å². The van der Waals surface area contributed by atoms with Gasteiger partial charge in [0.1, 0.15) is 6.10 Å². The molecular weight excluding hydrogens is 592 g/mol. The van der Waals surface area contributed by atoms with Gasteiger partial charge in [0, 0.05) is 44.2 Å². The second-order valence-corrected chi connectivity index (χ2v) is 19.3. The summed E-state index contributed by atoms with van der Waals surface area (Å²) < 4.78 is 26.3. The highest BCUT2D eigenvalue weighted by Gasteiger charge is 2.84. The molecule has 1 unspecified atom stereocenters. The molecule has 3 heterocycles. The largest absolute Gasteiger partial charge is 0.390 e. The molecular formula is C39H66N2O6. The normalized spacial score (nSPS) is 53.1. The highest BCUT2D eigenvalue weighted by Crippen LogP contribution is 2.89. The first-order valence-electron chi connectivity index (χ1n) is 19.5. The van der Waals surface area contributed by atoms with Crippen molar-refractivity contribution in [2.24, 2.45) is 50.7 Å². The lowest BCUT2D eigenvalue weighted by Gasteiger charge is -2.64. The fourth-order valence-corrected chi connectivity index (χ4v) is 14.5. The summed E-state index contributed by atoms with van der Waals surface area (Å²) in [6.45, 7) is 23.4. The van der Waals surface area contributed by atoms with E-state index in [0.29, 0.717) is 47.2 Å². The Morgan fingerprint density at radius 1 is 1.02 bits per heavy atom. The molecule has 8 rings (SSSR count). The van der Waals surface area contributed by atoms with Gasteiger partial charge in [0.15, 0.2) is 6.29 Å². The van der Waals surface area contributed by atoms with Crippen molar-refractivity contribution in [3.8, 4) is 0 Å². The van der Waals surface area contributed by atoms with Crippen molar-refractivity contribution in [2.75, 3.05) is 39.4 Å². The lowest BCUT2D eigenvalue weighted by Crippen LogP contribution is -2.62. The van der Waals surface area contributed by atoms with Crippen LogP contribution in [0.3, 0.4) is 0 Å². The Hall–Kier alpha value is -0.320. The third-order valence-corrected chi connectivity index (χ3v) is 16.8. The molecule has 3 aliphatic heterocycles. The summed E-state index contributed by atoms with van der Waals surface area (Å²) in [5.74, 6) is 1.87. The minimum Gasteiger partial charge on any atom is -0.390 e. The lowest BCUT2D eigenvalue weighted by atomic mass is 9.41. The number of nitrogens with one attached hydrogen (secondary N) is 1. The van der Waals surface area contributed by atoms with Crippen molar-refractivity contribution < 1.29 is 29.2 Å². The third-order valence-electron chi connectivity index (χ3n) is 16.8. The van der Waals surface area contributed by atoms with Gasteiger partial charge in [0.05, 0.1) is 36.6 Å². The maximum atomic E-state index is 12.6. The first-order chi connectivity index (χ1) is 22.1. The fourth-order valence-electron chi connectivity index (χ4n) is 14.5. The van der Waals surface area contributed by atoms with Gasteiger partial charge in [-0.3, -0.25) is 4.90 Å². The van der Waals surface area contributed by atoms with Crippen LogP contribution in [0.15, 0.2) is 0 Å². The molecule has 0 aromatic rings. The van der Waals surface area contributed by atoms with Gasteiger partial charge in [-0.1, -0.05) is 34.6 Å². The lowest BCUT2D eigenvalue weighted by molar-refractivity contribution is -0.251. The Balaban J connectivity index is 1.03. The van der Waals surface area contributed by atoms with E-state index in [-0.39, 0.29) is 40.8 Å². The highest BCUT2D eigenvalue weighted by atomic mass is 16.7. The second-order valence-electron chi connectivity index (χ2n) is 19.3. The first kappa shape index (κ1) is 33.8. The average Bonchev–Trinajstić information content (AvgIpc) is 3.61. The number of rotatable bonds is 7. The summed E-state index contributed by atoms with van der Waals surface area (Å²) in [7, 11) is 0. The molecule has 0 radical (unpaired) electrons. The Morgan fingerprint density at radius 3 is 2.43 bits per heavy atom. The Morgan fingerprint density at radius 2 is 1.74 bits per heavy atom. The van der Waals surface area contributed by atoms with Crippen molar-refractivity contribution in [3.05, 3.63) is 0 Å². The number of aliphatic hydroxyl groups excluding tert-OH is 1. The number of hydrogen-bond acceptors (Lipinski definition) is 8. The van der Waals surface area contributed by atoms with Crippen LogP contribution in [0.1, 0.15) is 107 Å². The van der Waals surface area contributed by atoms with Gasteiger partial charge in [-0.25, -0.2) is 0 Å². The predicted molar refractivity (Wildman–Crippen MR) is 181 cm³/mol.